The lowest BCUT2D eigenvalue weighted by atomic mass is 9.94. The number of aromatic hydroxyl groups is 1. The zero-order valence-corrected chi connectivity index (χ0v) is 19.1. The van der Waals surface area contributed by atoms with Crippen molar-refractivity contribution in [2.45, 2.75) is 25.8 Å². The average molecular weight is 457 g/mol. The highest BCUT2D eigenvalue weighted by Crippen LogP contribution is 2.42. The van der Waals surface area contributed by atoms with E-state index in [2.05, 4.69) is 10.00 Å². The predicted molar refractivity (Wildman–Crippen MR) is 130 cm³/mol. The number of aryl methyl sites for hydroxylation is 2. The lowest BCUT2D eigenvalue weighted by Gasteiger charge is -2.32. The van der Waals surface area contributed by atoms with E-state index in [1.165, 1.54) is 12.1 Å². The molecular weight excluding hydrogens is 431 g/mol. The highest BCUT2D eigenvalue weighted by molar-refractivity contribution is 6.06. The van der Waals surface area contributed by atoms with Crippen LogP contribution in [0.15, 0.2) is 42.6 Å². The van der Waals surface area contributed by atoms with E-state index >= 15 is 0 Å². The van der Waals surface area contributed by atoms with Crippen molar-refractivity contribution < 1.29 is 9.50 Å². The van der Waals surface area contributed by atoms with Crippen LogP contribution >= 0.6 is 0 Å². The lowest BCUT2D eigenvalue weighted by Crippen LogP contribution is -2.40. The highest BCUT2D eigenvalue weighted by atomic mass is 19.1. The molecule has 1 aliphatic rings. The van der Waals surface area contributed by atoms with E-state index in [1.807, 2.05) is 32.2 Å². The summed E-state index contributed by atoms with van der Waals surface area (Å²) in [4.78, 5) is 7.27. The molecule has 172 valence electrons. The minimum atomic E-state index is -0.601. The first kappa shape index (κ1) is 21.9. The summed E-state index contributed by atoms with van der Waals surface area (Å²) >= 11 is 0. The van der Waals surface area contributed by atoms with Gasteiger partial charge < -0.3 is 15.7 Å². The number of hydrogen-bond acceptors (Lipinski definition) is 6. The Hall–Kier alpha value is -3.96. The summed E-state index contributed by atoms with van der Waals surface area (Å²) in [7, 11) is 1.88. The van der Waals surface area contributed by atoms with Gasteiger partial charge in [0, 0.05) is 42.7 Å². The monoisotopic (exact) mass is 456 g/mol. The molecule has 1 fully saturated rings. The first-order valence-electron chi connectivity index (χ1n) is 11.2. The summed E-state index contributed by atoms with van der Waals surface area (Å²) in [5.74, 6) is 0.332. The van der Waals surface area contributed by atoms with Gasteiger partial charge in [0.05, 0.1) is 17.5 Å². The van der Waals surface area contributed by atoms with Gasteiger partial charge in [-0.3, -0.25) is 4.68 Å². The topological polar surface area (TPSA) is 104 Å². The van der Waals surface area contributed by atoms with Gasteiger partial charge in [-0.15, -0.1) is 0 Å². The molecule has 0 saturated carbocycles. The van der Waals surface area contributed by atoms with Crippen molar-refractivity contribution in [2.24, 2.45) is 12.8 Å². The molecule has 0 unspecified atom stereocenters. The maximum Gasteiger partial charge on any atom is 0.155 e. The Balaban J connectivity index is 1.82. The summed E-state index contributed by atoms with van der Waals surface area (Å²) in [5, 5.41) is 25.0. The van der Waals surface area contributed by atoms with Gasteiger partial charge in [-0.25, -0.2) is 9.37 Å². The molecule has 0 aliphatic carbocycles. The molecule has 5 rings (SSSR count). The Morgan fingerprint density at radius 1 is 1.15 bits per heavy atom. The van der Waals surface area contributed by atoms with Gasteiger partial charge in [-0.2, -0.15) is 10.4 Å². The molecule has 1 saturated heterocycles. The molecule has 0 amide bonds. The van der Waals surface area contributed by atoms with Crippen molar-refractivity contribution in [1.29, 1.82) is 5.26 Å². The van der Waals surface area contributed by atoms with E-state index in [0.29, 0.717) is 11.3 Å². The fourth-order valence-corrected chi connectivity index (χ4v) is 4.58. The largest absolute Gasteiger partial charge is 0.508 e. The first-order valence-corrected chi connectivity index (χ1v) is 11.2. The Labute approximate surface area is 196 Å². The van der Waals surface area contributed by atoms with Crippen LogP contribution in [0.25, 0.3) is 33.3 Å². The van der Waals surface area contributed by atoms with Crippen molar-refractivity contribution in [3.05, 3.63) is 59.5 Å². The van der Waals surface area contributed by atoms with Crippen LogP contribution in [0.2, 0.25) is 0 Å². The molecule has 0 atom stereocenters. The molecule has 3 N–H and O–H groups in total. The van der Waals surface area contributed by atoms with Gasteiger partial charge in [0.25, 0.3) is 0 Å². The number of nitriles is 1. The van der Waals surface area contributed by atoms with E-state index in [4.69, 9.17) is 10.7 Å². The molecular formula is C26H25FN6O. The van der Waals surface area contributed by atoms with Crippen molar-refractivity contribution in [3.8, 4) is 34.2 Å². The molecule has 2 aromatic heterocycles. The number of rotatable bonds is 3. The number of benzene rings is 2. The second kappa shape index (κ2) is 8.43. The van der Waals surface area contributed by atoms with Crippen LogP contribution in [0.3, 0.4) is 0 Å². The van der Waals surface area contributed by atoms with Crippen LogP contribution in [0, 0.1) is 24.1 Å². The summed E-state index contributed by atoms with van der Waals surface area (Å²) in [6.07, 6.45) is 3.50. The van der Waals surface area contributed by atoms with Crippen LogP contribution in [-0.4, -0.2) is 39.0 Å². The summed E-state index contributed by atoms with van der Waals surface area (Å²) in [6.45, 7) is 3.36. The molecule has 0 spiro atoms. The zero-order chi connectivity index (χ0) is 24.0. The minimum absolute atomic E-state index is 0.0222. The van der Waals surface area contributed by atoms with Crippen molar-refractivity contribution in [2.75, 3.05) is 18.0 Å². The third-order valence-electron chi connectivity index (χ3n) is 6.57. The van der Waals surface area contributed by atoms with Crippen LogP contribution in [0.5, 0.6) is 5.75 Å². The third-order valence-corrected chi connectivity index (χ3v) is 6.57. The summed E-state index contributed by atoms with van der Waals surface area (Å²) in [6, 6.07) is 12.0. The number of anilines is 1. The minimum Gasteiger partial charge on any atom is -0.508 e. The number of halogens is 1. The number of piperidine rings is 1. The normalized spacial score (nSPS) is 14.5. The van der Waals surface area contributed by atoms with Crippen LogP contribution < -0.4 is 10.6 Å². The Morgan fingerprint density at radius 2 is 1.88 bits per heavy atom. The van der Waals surface area contributed by atoms with E-state index in [9.17, 15) is 14.8 Å². The molecule has 34 heavy (non-hydrogen) atoms. The number of phenolic OH excluding ortho intramolecular Hbond substituents is 1. The van der Waals surface area contributed by atoms with Crippen LogP contribution in [0.4, 0.5) is 10.2 Å². The van der Waals surface area contributed by atoms with Gasteiger partial charge in [0.15, 0.2) is 5.82 Å². The molecule has 8 heteroatoms. The first-order chi connectivity index (χ1) is 16.4. The Kier molecular flexibility index (Phi) is 5.42. The second-order valence-electron chi connectivity index (χ2n) is 8.82. The maximum atomic E-state index is 14.7. The SMILES string of the molecule is Cc1ccc(-c2c(-c3ccc(C#N)c(F)c3)nc(N3CCC(N)CC3)c3c2cnn3C)cc1O. The van der Waals surface area contributed by atoms with E-state index in [-0.39, 0.29) is 17.4 Å². The molecule has 2 aromatic carbocycles. The van der Waals surface area contributed by atoms with Crippen molar-refractivity contribution >= 4 is 16.7 Å². The molecule has 7 nitrogen and oxygen atoms in total. The van der Waals surface area contributed by atoms with Gasteiger partial charge in [-0.1, -0.05) is 18.2 Å². The molecule has 0 bridgehead atoms. The second-order valence-corrected chi connectivity index (χ2v) is 8.82. The van der Waals surface area contributed by atoms with Crippen molar-refractivity contribution in [1.82, 2.24) is 14.8 Å². The fraction of sp³-hybridized carbons (Fsp3) is 0.269. The quantitative estimate of drug-likeness (QED) is 0.478. The molecule has 1 aliphatic heterocycles. The number of fused-ring (bicyclic) bond motifs is 1. The molecule has 3 heterocycles. The van der Waals surface area contributed by atoms with Gasteiger partial charge >= 0.3 is 0 Å². The van der Waals surface area contributed by atoms with Crippen molar-refractivity contribution in [3.63, 3.8) is 0 Å². The maximum absolute atomic E-state index is 14.7. The average Bonchev–Trinajstić information content (AvgIpc) is 3.22. The molecule has 4 aromatic rings. The van der Waals surface area contributed by atoms with Gasteiger partial charge in [-0.05, 0) is 49.1 Å². The number of nitrogens with two attached hydrogens (primary N) is 1. The van der Waals surface area contributed by atoms with E-state index in [0.717, 1.165) is 59.3 Å². The highest BCUT2D eigenvalue weighted by Gasteiger charge is 2.26. The third kappa shape index (κ3) is 3.64. The lowest BCUT2D eigenvalue weighted by molar-refractivity contribution is 0.471. The number of nitrogens with zero attached hydrogens (tertiary/aromatic N) is 5. The number of pyridine rings is 1. The van der Waals surface area contributed by atoms with Crippen LogP contribution in [0.1, 0.15) is 24.0 Å². The fourth-order valence-electron chi connectivity index (χ4n) is 4.58. The number of aromatic nitrogens is 3. The Bertz CT molecular complexity index is 1450. The summed E-state index contributed by atoms with van der Waals surface area (Å²) < 4.78 is 16.5. The number of hydrogen-bond donors (Lipinski definition) is 2. The van der Waals surface area contributed by atoms with Crippen LogP contribution in [-0.2, 0) is 7.05 Å². The summed E-state index contributed by atoms with van der Waals surface area (Å²) in [5.41, 5.74) is 10.3. The van der Waals surface area contributed by atoms with E-state index < -0.39 is 5.82 Å². The Morgan fingerprint density at radius 3 is 2.56 bits per heavy atom. The molecule has 0 radical (unpaired) electrons. The predicted octanol–water partition coefficient (Wildman–Crippen LogP) is 4.25. The van der Waals surface area contributed by atoms with Gasteiger partial charge in [0.2, 0.25) is 0 Å². The standard InChI is InChI=1S/C26H25FN6O/c1-15-3-4-16(12-22(15)34)23-20-14-30-32(2)25(20)26(33-9-7-19(29)8-10-33)31-24(23)17-5-6-18(13-28)21(27)11-17/h3-6,11-12,14,19,34H,7-10,29H2,1-2H3. The van der Waals surface area contributed by atoms with Gasteiger partial charge in [0.1, 0.15) is 23.2 Å². The van der Waals surface area contributed by atoms with E-state index in [1.54, 1.807) is 23.0 Å². The zero-order valence-electron chi connectivity index (χ0n) is 19.1. The number of phenols is 1. The smallest absolute Gasteiger partial charge is 0.155 e.